The third kappa shape index (κ3) is 5.18. The monoisotopic (exact) mass is 722 g/mol. The fourth-order valence-electron chi connectivity index (χ4n) is 7.86. The van der Waals surface area contributed by atoms with E-state index in [0.29, 0.717) is 11.4 Å². The lowest BCUT2D eigenvalue weighted by Gasteiger charge is -2.08. The molecule has 11 aromatic rings. The van der Waals surface area contributed by atoms with Gasteiger partial charge in [-0.15, -0.1) is 11.3 Å². The summed E-state index contributed by atoms with van der Waals surface area (Å²) in [7, 11) is 0. The van der Waals surface area contributed by atoms with Crippen LogP contribution < -0.4 is 0 Å². The number of rotatable bonds is 6. The summed E-state index contributed by atoms with van der Waals surface area (Å²) in [5.41, 5.74) is 9.43. The van der Waals surface area contributed by atoms with Crippen LogP contribution >= 0.6 is 11.3 Å². The highest BCUT2D eigenvalue weighted by atomic mass is 32.1. The maximum Gasteiger partial charge on any atom is 0.143 e. The number of para-hydroxylation sites is 2. The molecule has 0 radical (unpaired) electrons. The minimum atomic E-state index is 0.289. The van der Waals surface area contributed by atoms with Crippen molar-refractivity contribution in [1.29, 1.82) is 5.41 Å². The van der Waals surface area contributed by atoms with Crippen molar-refractivity contribution >= 4 is 98.2 Å². The molecule has 0 unspecified atom stereocenters. The van der Waals surface area contributed by atoms with Gasteiger partial charge in [0, 0.05) is 43.4 Å². The van der Waals surface area contributed by atoms with Gasteiger partial charge in [0.05, 0.1) is 22.4 Å². The minimum absolute atomic E-state index is 0.289. The van der Waals surface area contributed by atoms with E-state index >= 15 is 0 Å². The van der Waals surface area contributed by atoms with Gasteiger partial charge in [0.1, 0.15) is 27.2 Å². The van der Waals surface area contributed by atoms with Crippen LogP contribution in [-0.2, 0) is 0 Å². The van der Waals surface area contributed by atoms with Gasteiger partial charge in [-0.05, 0) is 82.6 Å². The van der Waals surface area contributed by atoms with Gasteiger partial charge in [-0.1, -0.05) is 109 Å². The Morgan fingerprint density at radius 2 is 1.29 bits per heavy atom. The van der Waals surface area contributed by atoms with E-state index in [1.807, 2.05) is 66.8 Å². The molecule has 7 aromatic carbocycles. The van der Waals surface area contributed by atoms with Crippen molar-refractivity contribution in [3.05, 3.63) is 176 Å². The van der Waals surface area contributed by atoms with Crippen LogP contribution in [0.4, 0.5) is 0 Å². The van der Waals surface area contributed by atoms with Gasteiger partial charge in [-0.2, -0.15) is 0 Å². The fraction of sp³-hybridized carbons (Fsp3) is 0. The number of hydrogen-bond acceptors (Lipinski definition) is 5. The average molecular weight is 723 g/mol. The van der Waals surface area contributed by atoms with E-state index < -0.39 is 0 Å². The van der Waals surface area contributed by atoms with Crippen molar-refractivity contribution < 1.29 is 4.42 Å². The van der Waals surface area contributed by atoms with E-state index in [9.17, 15) is 5.41 Å². The lowest BCUT2D eigenvalue weighted by molar-refractivity contribution is 0.669. The van der Waals surface area contributed by atoms with E-state index in [1.165, 1.54) is 21.5 Å². The van der Waals surface area contributed by atoms with Crippen molar-refractivity contribution in [3.63, 3.8) is 0 Å². The van der Waals surface area contributed by atoms with E-state index in [-0.39, 0.29) is 5.71 Å². The summed E-state index contributed by atoms with van der Waals surface area (Å²) in [6.45, 7) is 0. The molecule has 4 heterocycles. The van der Waals surface area contributed by atoms with Crippen LogP contribution in [0.1, 0.15) is 5.69 Å². The normalized spacial score (nSPS) is 12.3. The fourth-order valence-corrected chi connectivity index (χ4v) is 8.86. The highest BCUT2D eigenvalue weighted by Gasteiger charge is 2.18. The SMILES string of the molecule is N=C(/C=C\C=C\n1c2ccccc2c2cc3ccccc3cc21)c1nc2c(nc1-c1ccccc1)sc1ccc(-c3ccc4c(c3)oc3ccccc34)cc12. The molecule has 0 aliphatic carbocycles. The molecular formula is C49H30N4OS. The second kappa shape index (κ2) is 12.5. The van der Waals surface area contributed by atoms with Gasteiger partial charge in [0.25, 0.3) is 0 Å². The lowest BCUT2D eigenvalue weighted by atomic mass is 10.0. The average Bonchev–Trinajstić information content (AvgIpc) is 3.89. The molecule has 0 saturated carbocycles. The molecule has 0 aliphatic rings. The Balaban J connectivity index is 0.989. The molecule has 0 saturated heterocycles. The quantitative estimate of drug-likeness (QED) is 0.137. The Morgan fingerprint density at radius 3 is 2.18 bits per heavy atom. The molecule has 55 heavy (non-hydrogen) atoms. The number of nitrogens with zero attached hydrogens (tertiary/aromatic N) is 3. The standard InChI is InChI=1S/C49H30N4OS/c50-40(18-10-11-25-53-41-19-8-6-16-35(41)38-26-31-14-4-5-15-32(31)28-42(38)53)48-46(30-12-2-1-3-13-30)52-49-47(51-48)39-27-33(22-24-45(39)55-49)34-21-23-37-36-17-7-9-20-43(36)54-44(37)29-34/h1-29,50H/b18-10-,25-11+,50-40?. The number of hydrogen-bond donors (Lipinski definition) is 1. The van der Waals surface area contributed by atoms with Crippen LogP contribution in [0.2, 0.25) is 0 Å². The van der Waals surface area contributed by atoms with Crippen molar-refractivity contribution in [3.8, 4) is 22.4 Å². The predicted molar refractivity (Wildman–Crippen MR) is 231 cm³/mol. The highest BCUT2D eigenvalue weighted by Crippen LogP contribution is 2.39. The molecule has 0 fully saturated rings. The summed E-state index contributed by atoms with van der Waals surface area (Å²) < 4.78 is 9.54. The molecule has 6 heteroatoms. The molecule has 0 amide bonds. The largest absolute Gasteiger partial charge is 0.456 e. The van der Waals surface area contributed by atoms with Crippen LogP contribution in [0.5, 0.6) is 0 Å². The summed E-state index contributed by atoms with van der Waals surface area (Å²) in [6.07, 6.45) is 7.80. The van der Waals surface area contributed by atoms with Crippen LogP contribution in [-0.4, -0.2) is 20.2 Å². The van der Waals surface area contributed by atoms with Crippen LogP contribution in [0.15, 0.2) is 174 Å². The van der Waals surface area contributed by atoms with E-state index in [4.69, 9.17) is 14.4 Å². The maximum atomic E-state index is 9.32. The number of nitrogens with one attached hydrogen (secondary N) is 1. The molecule has 0 bridgehead atoms. The van der Waals surface area contributed by atoms with Crippen molar-refractivity contribution in [2.24, 2.45) is 0 Å². The molecule has 5 nitrogen and oxygen atoms in total. The zero-order valence-electron chi connectivity index (χ0n) is 29.4. The summed E-state index contributed by atoms with van der Waals surface area (Å²) in [5, 5.41) is 17.4. The molecule has 258 valence electrons. The molecule has 1 N–H and O–H groups in total. The zero-order chi connectivity index (χ0) is 36.5. The smallest absolute Gasteiger partial charge is 0.143 e. The lowest BCUT2D eigenvalue weighted by Crippen LogP contribution is -2.04. The van der Waals surface area contributed by atoms with Gasteiger partial charge >= 0.3 is 0 Å². The number of thiophene rings is 1. The van der Waals surface area contributed by atoms with Crippen LogP contribution in [0.3, 0.4) is 0 Å². The molecule has 0 atom stereocenters. The van der Waals surface area contributed by atoms with Gasteiger partial charge in [-0.3, -0.25) is 5.41 Å². The summed E-state index contributed by atoms with van der Waals surface area (Å²) in [5.74, 6) is 0. The summed E-state index contributed by atoms with van der Waals surface area (Å²) >= 11 is 1.63. The molecule has 4 aromatic heterocycles. The van der Waals surface area contributed by atoms with Crippen molar-refractivity contribution in [2.45, 2.75) is 0 Å². The molecule has 0 aliphatic heterocycles. The second-order valence-corrected chi connectivity index (χ2v) is 14.8. The van der Waals surface area contributed by atoms with Crippen LogP contribution in [0.25, 0.3) is 104 Å². The first kappa shape index (κ1) is 31.4. The Kier molecular flexibility index (Phi) is 7.12. The Labute approximate surface area is 319 Å². The Hall–Kier alpha value is -7.15. The first-order valence-corrected chi connectivity index (χ1v) is 19.0. The van der Waals surface area contributed by atoms with Gasteiger partial charge in [0.15, 0.2) is 0 Å². The third-order valence-electron chi connectivity index (χ3n) is 10.5. The number of aromatic nitrogens is 3. The first-order valence-electron chi connectivity index (χ1n) is 18.2. The zero-order valence-corrected chi connectivity index (χ0v) is 30.2. The number of benzene rings is 7. The van der Waals surface area contributed by atoms with Gasteiger partial charge in [-0.25, -0.2) is 9.97 Å². The Morgan fingerprint density at radius 1 is 0.564 bits per heavy atom. The molecular weight excluding hydrogens is 693 g/mol. The predicted octanol–water partition coefficient (Wildman–Crippen LogP) is 13.4. The molecule has 0 spiro atoms. The number of fused-ring (bicyclic) bond motifs is 10. The van der Waals surface area contributed by atoms with Crippen molar-refractivity contribution in [1.82, 2.24) is 14.5 Å². The Bertz CT molecular complexity index is 3400. The second-order valence-electron chi connectivity index (χ2n) is 13.8. The van der Waals surface area contributed by atoms with Gasteiger partial charge in [0.2, 0.25) is 0 Å². The van der Waals surface area contributed by atoms with Crippen molar-refractivity contribution in [2.75, 3.05) is 0 Å². The maximum absolute atomic E-state index is 9.32. The topological polar surface area (TPSA) is 67.7 Å². The van der Waals surface area contributed by atoms with E-state index in [2.05, 4.69) is 114 Å². The highest BCUT2D eigenvalue weighted by molar-refractivity contribution is 7.25. The number of allylic oxidation sites excluding steroid dienone is 3. The van der Waals surface area contributed by atoms with Gasteiger partial charge < -0.3 is 8.98 Å². The van der Waals surface area contributed by atoms with E-state index in [1.54, 1.807) is 11.3 Å². The van der Waals surface area contributed by atoms with E-state index in [0.717, 1.165) is 70.1 Å². The third-order valence-corrected chi connectivity index (χ3v) is 11.6. The molecule has 11 rings (SSSR count). The van der Waals surface area contributed by atoms with Crippen LogP contribution in [0, 0.1) is 5.41 Å². The minimum Gasteiger partial charge on any atom is -0.456 e. The summed E-state index contributed by atoms with van der Waals surface area (Å²) in [6, 6.07) is 52.6. The summed E-state index contributed by atoms with van der Waals surface area (Å²) in [4.78, 5) is 11.2. The number of furan rings is 1. The first-order chi connectivity index (χ1) is 27.2.